The molecule has 181 valence electrons. The number of hydrogen-bond donors (Lipinski definition) is 1. The van der Waals surface area contributed by atoms with Gasteiger partial charge in [-0.05, 0) is 12.5 Å². The van der Waals surface area contributed by atoms with Gasteiger partial charge in [-0.15, -0.1) is 0 Å². The van der Waals surface area contributed by atoms with Crippen LogP contribution in [0.1, 0.15) is 27.9 Å². The Bertz CT molecular complexity index is 1230. The monoisotopic (exact) mass is 694 g/mol. The topological polar surface area (TPSA) is 87.9 Å². The third-order valence-corrected chi connectivity index (χ3v) is 7.00. The van der Waals surface area contributed by atoms with Crippen LogP contribution >= 0.6 is 11.3 Å². The van der Waals surface area contributed by atoms with E-state index in [9.17, 15) is 18.0 Å². The zero-order valence-corrected chi connectivity index (χ0v) is 23.6. The van der Waals surface area contributed by atoms with Crippen molar-refractivity contribution in [2.24, 2.45) is 5.73 Å². The van der Waals surface area contributed by atoms with Gasteiger partial charge < -0.3 is 0 Å². The van der Waals surface area contributed by atoms with Gasteiger partial charge in [0.05, 0.1) is 0 Å². The van der Waals surface area contributed by atoms with Crippen LogP contribution in [0.3, 0.4) is 0 Å². The molecule has 11 heteroatoms. The van der Waals surface area contributed by atoms with Gasteiger partial charge in [-0.25, -0.2) is 0 Å². The SMILES string of the molecule is CCn1cc(-c2ccccc2)c(C(F)(F)F)n1.N#Cc1cc2c(s1)CN(C(=O)/C=C/[CH](N)[Pb])CC2. The molecular weight excluding hydrogens is 671 g/mol. The molecule has 2 N–H and O–H groups in total. The van der Waals surface area contributed by atoms with E-state index in [1.54, 1.807) is 54.3 Å². The van der Waals surface area contributed by atoms with E-state index in [4.69, 9.17) is 11.0 Å². The minimum atomic E-state index is -4.43. The number of benzene rings is 1. The fraction of sp³-hybridized carbons (Fsp3) is 0.292. The molecule has 1 aliphatic heterocycles. The van der Waals surface area contributed by atoms with Crippen LogP contribution in [-0.2, 0) is 30.5 Å². The Morgan fingerprint density at radius 1 is 1.37 bits per heavy atom. The molecule has 0 spiro atoms. The number of thiophene rings is 1. The van der Waals surface area contributed by atoms with E-state index in [2.05, 4.69) is 11.2 Å². The zero-order chi connectivity index (χ0) is 25.6. The van der Waals surface area contributed by atoms with E-state index in [0.29, 0.717) is 25.2 Å². The van der Waals surface area contributed by atoms with Gasteiger partial charge in [0, 0.05) is 18.3 Å². The average Bonchev–Trinajstić information content (AvgIpc) is 3.47. The molecule has 1 aliphatic rings. The van der Waals surface area contributed by atoms with Gasteiger partial charge in [-0.2, -0.15) is 18.3 Å². The summed E-state index contributed by atoms with van der Waals surface area (Å²) in [6.45, 7) is 3.49. The van der Waals surface area contributed by atoms with Crippen LogP contribution in [0.5, 0.6) is 0 Å². The first-order chi connectivity index (χ1) is 16.6. The van der Waals surface area contributed by atoms with Gasteiger partial charge in [0.25, 0.3) is 0 Å². The molecule has 1 atom stereocenters. The summed E-state index contributed by atoms with van der Waals surface area (Å²) in [5, 5.41) is 12.4. The number of halogens is 3. The fourth-order valence-electron chi connectivity index (χ4n) is 3.48. The second-order valence-corrected chi connectivity index (χ2v) is 11.4. The Balaban J connectivity index is 0.000000196. The van der Waals surface area contributed by atoms with Gasteiger partial charge in [-0.1, -0.05) is 30.3 Å². The molecule has 3 radical (unpaired) electrons. The number of aryl methyl sites for hydroxylation is 1. The molecule has 0 fully saturated rings. The molecule has 0 aliphatic carbocycles. The molecule has 0 bridgehead atoms. The Hall–Kier alpha value is -2.50. The number of carbonyl (C=O) groups is 1. The predicted octanol–water partition coefficient (Wildman–Crippen LogP) is 4.10. The summed E-state index contributed by atoms with van der Waals surface area (Å²) >= 11 is 2.33. The third kappa shape index (κ3) is 7.25. The number of aromatic nitrogens is 2. The third-order valence-electron chi connectivity index (χ3n) is 5.19. The van der Waals surface area contributed by atoms with Crippen molar-refractivity contribution in [3.63, 3.8) is 0 Å². The molecule has 1 aromatic carbocycles. The van der Waals surface area contributed by atoms with E-state index in [-0.39, 0.29) is 15.1 Å². The Kier molecular flexibility index (Phi) is 9.26. The maximum atomic E-state index is 12.8. The van der Waals surface area contributed by atoms with E-state index in [1.807, 2.05) is 6.07 Å². The van der Waals surface area contributed by atoms with Crippen molar-refractivity contribution in [1.29, 1.82) is 5.26 Å². The number of carbonyl (C=O) groups excluding carboxylic acids is 1. The molecule has 1 unspecified atom stereocenters. The number of rotatable bonds is 4. The quantitative estimate of drug-likeness (QED) is 0.330. The normalized spacial score (nSPS) is 14.1. The van der Waals surface area contributed by atoms with Crippen LogP contribution in [0.4, 0.5) is 13.2 Å². The summed E-state index contributed by atoms with van der Waals surface area (Å²) in [4.78, 5) is 15.6. The van der Waals surface area contributed by atoms with Crippen LogP contribution in [-0.4, -0.2) is 56.5 Å². The summed E-state index contributed by atoms with van der Waals surface area (Å²) in [5.41, 5.74) is 6.67. The second-order valence-electron chi connectivity index (χ2n) is 7.68. The number of fused-ring (bicyclic) bond motifs is 1. The van der Waals surface area contributed by atoms with Gasteiger partial charge in [0.2, 0.25) is 0 Å². The van der Waals surface area contributed by atoms with Crippen LogP contribution in [0.25, 0.3) is 11.1 Å². The molecule has 2 aromatic heterocycles. The van der Waals surface area contributed by atoms with Gasteiger partial charge in [0.1, 0.15) is 0 Å². The first kappa shape index (κ1) is 27.1. The summed E-state index contributed by atoms with van der Waals surface area (Å²) < 4.78 is 39.7. The number of nitrogens with two attached hydrogens (primary N) is 1. The minimum absolute atomic E-state index is 0.0128. The number of amides is 1. The van der Waals surface area contributed by atoms with Crippen LogP contribution in [0.2, 0.25) is 0 Å². The van der Waals surface area contributed by atoms with E-state index < -0.39 is 11.9 Å². The number of alkyl halides is 3. The average molecular weight is 694 g/mol. The zero-order valence-electron chi connectivity index (χ0n) is 18.9. The molecule has 1 amide bonds. The molecule has 0 saturated heterocycles. The molecule has 4 rings (SSSR count). The number of nitrogens with zero attached hydrogens (tertiary/aromatic N) is 4. The fourth-order valence-corrected chi connectivity index (χ4v) is 4.87. The van der Waals surface area contributed by atoms with Gasteiger partial charge >= 0.3 is 133 Å². The predicted molar refractivity (Wildman–Crippen MR) is 129 cm³/mol. The Morgan fingerprint density at radius 3 is 2.69 bits per heavy atom. The van der Waals surface area contributed by atoms with Crippen molar-refractivity contribution in [3.05, 3.63) is 75.8 Å². The van der Waals surface area contributed by atoms with E-state index in [1.165, 1.54) is 27.8 Å². The summed E-state index contributed by atoms with van der Waals surface area (Å²) in [7, 11) is 0. The Morgan fingerprint density at radius 2 is 2.09 bits per heavy atom. The molecule has 0 saturated carbocycles. The van der Waals surface area contributed by atoms with Crippen LogP contribution < -0.4 is 5.73 Å². The van der Waals surface area contributed by atoms with Crippen molar-refractivity contribution >= 4 is 43.0 Å². The number of nitriles is 1. The Labute approximate surface area is 221 Å². The second kappa shape index (κ2) is 12.0. The first-order valence-corrected chi connectivity index (χ1v) is 13.8. The van der Waals surface area contributed by atoms with Crippen molar-refractivity contribution in [2.45, 2.75) is 36.2 Å². The summed E-state index contributed by atoms with van der Waals surface area (Å²) in [6, 6.07) is 12.6. The van der Waals surface area contributed by atoms with Gasteiger partial charge in [0.15, 0.2) is 5.69 Å². The van der Waals surface area contributed by atoms with Crippen LogP contribution in [0, 0.1) is 11.3 Å². The van der Waals surface area contributed by atoms with Crippen LogP contribution in [0.15, 0.2) is 54.7 Å². The van der Waals surface area contributed by atoms with E-state index >= 15 is 0 Å². The number of hydrogen-bond acceptors (Lipinski definition) is 5. The van der Waals surface area contributed by atoms with Crippen molar-refractivity contribution in [2.75, 3.05) is 6.54 Å². The van der Waals surface area contributed by atoms with E-state index in [0.717, 1.165) is 41.9 Å². The van der Waals surface area contributed by atoms with Gasteiger partial charge in [-0.3, -0.25) is 4.68 Å². The standard InChI is InChI=1S/C12H11F3N2.C12H12N3OS.Pb/c1-2-17-8-10(9-6-4-3-5-7-9)11(16-17)12(13,14)15;13-4-1-2-12(16)15-5-3-9-6-10(7-14)17-11(9)8-15;/h3-8H,2H2,1H3;1-2,4,6H,3,5,8,13H2;/b;2-1+;. The molecular formula is C24H23F3N5OPbS. The molecule has 35 heavy (non-hydrogen) atoms. The molecule has 6 nitrogen and oxygen atoms in total. The summed E-state index contributed by atoms with van der Waals surface area (Å²) in [6.07, 6.45) is 1.17. The van der Waals surface area contributed by atoms with Crippen molar-refractivity contribution in [1.82, 2.24) is 14.7 Å². The first-order valence-electron chi connectivity index (χ1n) is 10.8. The molecule has 3 aromatic rings. The van der Waals surface area contributed by atoms with Crippen molar-refractivity contribution in [3.8, 4) is 17.2 Å². The maximum absolute atomic E-state index is 12.8. The van der Waals surface area contributed by atoms with Crippen molar-refractivity contribution < 1.29 is 18.0 Å². The summed E-state index contributed by atoms with van der Waals surface area (Å²) in [5.74, 6) is 0.0128. The molecule has 3 heterocycles.